The summed E-state index contributed by atoms with van der Waals surface area (Å²) in [5, 5.41) is 16.7. The highest BCUT2D eigenvalue weighted by atomic mass is 16.7. The average molecular weight is 238 g/mol. The molecular formula is C10H22O6. The van der Waals surface area contributed by atoms with Gasteiger partial charge in [-0.3, -0.25) is 4.79 Å². The maximum absolute atomic E-state index is 9.30. The Morgan fingerprint density at radius 3 is 1.62 bits per heavy atom. The van der Waals surface area contributed by atoms with E-state index in [2.05, 4.69) is 0 Å². The molecule has 0 saturated carbocycles. The highest BCUT2D eigenvalue weighted by Crippen LogP contribution is 2.03. The Morgan fingerprint density at radius 1 is 1.06 bits per heavy atom. The van der Waals surface area contributed by atoms with Crippen molar-refractivity contribution in [2.45, 2.75) is 40.3 Å². The molecule has 16 heavy (non-hydrogen) atoms. The fraction of sp³-hybridized carbons (Fsp3) is 0.900. The Kier molecular flexibility index (Phi) is 13.7. The summed E-state index contributed by atoms with van der Waals surface area (Å²) in [6.45, 7) is 8.00. The molecule has 2 N–H and O–H groups in total. The van der Waals surface area contributed by atoms with Gasteiger partial charge in [-0.2, -0.15) is 0 Å². The molecule has 6 heteroatoms. The van der Waals surface area contributed by atoms with Gasteiger partial charge in [0.25, 0.3) is 5.97 Å². The number of carboxylic acids is 1. The summed E-state index contributed by atoms with van der Waals surface area (Å²) < 4.78 is 15.1. The number of carboxylic acid groups (broad SMARTS) is 1. The van der Waals surface area contributed by atoms with E-state index in [1.807, 2.05) is 13.8 Å². The van der Waals surface area contributed by atoms with E-state index in [-0.39, 0.29) is 0 Å². The molecule has 0 amide bonds. The van der Waals surface area contributed by atoms with Gasteiger partial charge in [-0.15, -0.1) is 0 Å². The van der Waals surface area contributed by atoms with Crippen LogP contribution in [0.1, 0.15) is 27.7 Å². The molecular weight excluding hydrogens is 216 g/mol. The zero-order valence-electron chi connectivity index (χ0n) is 10.3. The molecule has 0 radical (unpaired) electrons. The number of carbonyl (C=O) groups is 1. The molecule has 0 fully saturated rings. The normalized spacial score (nSPS) is 11.9. The zero-order chi connectivity index (χ0) is 13.0. The average Bonchev–Trinajstić information content (AvgIpc) is 2.17. The largest absolute Gasteiger partial charge is 0.481 e. The molecule has 6 nitrogen and oxygen atoms in total. The Bertz CT molecular complexity index is 151. The number of hydrogen-bond acceptors (Lipinski definition) is 5. The van der Waals surface area contributed by atoms with Crippen LogP contribution in [-0.4, -0.2) is 48.6 Å². The van der Waals surface area contributed by atoms with E-state index in [4.69, 9.17) is 24.1 Å². The minimum atomic E-state index is -0.991. The summed E-state index contributed by atoms with van der Waals surface area (Å²) in [7, 11) is 0. The minimum Gasteiger partial charge on any atom is -0.481 e. The molecule has 0 aliphatic rings. The van der Waals surface area contributed by atoms with Crippen molar-refractivity contribution in [1.82, 2.24) is 0 Å². The number of aliphatic hydroxyl groups excluding tert-OH is 1. The van der Waals surface area contributed by atoms with Gasteiger partial charge in [0.05, 0.1) is 0 Å². The van der Waals surface area contributed by atoms with Gasteiger partial charge < -0.3 is 24.4 Å². The topological polar surface area (TPSA) is 85.2 Å². The fourth-order valence-electron chi connectivity index (χ4n) is 0.791. The number of aliphatic hydroxyl groups is 1. The first kappa shape index (κ1) is 17.7. The first-order valence-electron chi connectivity index (χ1n) is 5.21. The van der Waals surface area contributed by atoms with Gasteiger partial charge in [0.1, 0.15) is 0 Å². The van der Waals surface area contributed by atoms with Crippen LogP contribution < -0.4 is 0 Å². The smallest absolute Gasteiger partial charge is 0.300 e. The van der Waals surface area contributed by atoms with Gasteiger partial charge in [0, 0.05) is 26.7 Å². The van der Waals surface area contributed by atoms with E-state index in [9.17, 15) is 5.11 Å². The lowest BCUT2D eigenvalue weighted by atomic mass is 10.6. The van der Waals surface area contributed by atoms with Gasteiger partial charge >= 0.3 is 0 Å². The molecule has 0 aliphatic heterocycles. The fourth-order valence-corrected chi connectivity index (χ4v) is 0.791. The van der Waals surface area contributed by atoms with Crippen LogP contribution in [-0.2, 0) is 19.0 Å². The summed E-state index contributed by atoms with van der Waals surface area (Å²) in [4.78, 5) is 9.00. The molecule has 0 bridgehead atoms. The maximum Gasteiger partial charge on any atom is 0.300 e. The highest BCUT2D eigenvalue weighted by Gasteiger charge is 2.19. The first-order chi connectivity index (χ1) is 7.49. The van der Waals surface area contributed by atoms with Gasteiger partial charge in [-0.1, -0.05) is 0 Å². The van der Waals surface area contributed by atoms with Gasteiger partial charge in [-0.25, -0.2) is 0 Å². The van der Waals surface area contributed by atoms with Crippen LogP contribution in [0.4, 0.5) is 0 Å². The van der Waals surface area contributed by atoms with Crippen molar-refractivity contribution in [3.63, 3.8) is 0 Å². The van der Waals surface area contributed by atoms with Crippen LogP contribution in [0.15, 0.2) is 0 Å². The second-order valence-electron chi connectivity index (χ2n) is 2.64. The lowest BCUT2D eigenvalue weighted by Gasteiger charge is -2.21. The molecule has 1 atom stereocenters. The number of aliphatic carboxylic acids is 1. The van der Waals surface area contributed by atoms with E-state index in [0.29, 0.717) is 19.8 Å². The monoisotopic (exact) mass is 238 g/mol. The van der Waals surface area contributed by atoms with Crippen molar-refractivity contribution >= 4 is 5.97 Å². The molecule has 1 unspecified atom stereocenters. The summed E-state index contributed by atoms with van der Waals surface area (Å²) in [5.74, 6) is -0.833. The molecule has 0 rings (SSSR count). The van der Waals surface area contributed by atoms with E-state index < -0.39 is 18.5 Å². The van der Waals surface area contributed by atoms with E-state index in [1.165, 1.54) is 0 Å². The predicted molar refractivity (Wildman–Crippen MR) is 58.0 cm³/mol. The molecule has 0 aromatic carbocycles. The van der Waals surface area contributed by atoms with Crippen LogP contribution in [0.25, 0.3) is 0 Å². The summed E-state index contributed by atoms with van der Waals surface area (Å²) in [5.41, 5.74) is 0. The molecule has 0 aromatic heterocycles. The van der Waals surface area contributed by atoms with Crippen LogP contribution in [0.5, 0.6) is 0 Å². The molecule has 0 saturated heterocycles. The Balaban J connectivity index is 0. The molecule has 0 heterocycles. The lowest BCUT2D eigenvalue weighted by molar-refractivity contribution is -0.266. The van der Waals surface area contributed by atoms with Crippen molar-refractivity contribution in [1.29, 1.82) is 0 Å². The number of ether oxygens (including phenoxy) is 3. The highest BCUT2D eigenvalue weighted by molar-refractivity contribution is 5.62. The van der Waals surface area contributed by atoms with Crippen molar-refractivity contribution in [2.24, 2.45) is 0 Å². The molecule has 98 valence electrons. The van der Waals surface area contributed by atoms with Gasteiger partial charge in [0.15, 0.2) is 0 Å². The maximum atomic E-state index is 9.30. The molecule has 0 spiro atoms. The summed E-state index contributed by atoms with van der Waals surface area (Å²) in [6, 6.07) is 0. The van der Waals surface area contributed by atoms with Gasteiger partial charge in [-0.05, 0) is 20.8 Å². The van der Waals surface area contributed by atoms with E-state index in [1.54, 1.807) is 6.92 Å². The summed E-state index contributed by atoms with van der Waals surface area (Å²) in [6.07, 6.45) is -1.66. The van der Waals surface area contributed by atoms with E-state index >= 15 is 0 Å². The Hall–Kier alpha value is -0.690. The molecule has 0 aliphatic carbocycles. The summed E-state index contributed by atoms with van der Waals surface area (Å²) >= 11 is 0. The van der Waals surface area contributed by atoms with Crippen LogP contribution in [0.3, 0.4) is 0 Å². The third kappa shape index (κ3) is 13.3. The predicted octanol–water partition coefficient (Wildman–Crippen LogP) is 0.831. The van der Waals surface area contributed by atoms with Gasteiger partial charge in [0.2, 0.25) is 12.6 Å². The Labute approximate surface area is 96.1 Å². The zero-order valence-corrected chi connectivity index (χ0v) is 10.3. The standard InChI is InChI=1S/C8H18O4.C2H4O2/c1-4-10-7(9)8(11-5-2)12-6-3;1-2(3)4/h7-9H,4-6H2,1-3H3;1H3,(H,3,4). The van der Waals surface area contributed by atoms with Crippen LogP contribution in [0.2, 0.25) is 0 Å². The number of rotatable bonds is 7. The van der Waals surface area contributed by atoms with Crippen molar-refractivity contribution in [2.75, 3.05) is 19.8 Å². The van der Waals surface area contributed by atoms with Crippen molar-refractivity contribution in [3.05, 3.63) is 0 Å². The minimum absolute atomic E-state index is 0.442. The molecule has 0 aromatic rings. The quantitative estimate of drug-likeness (QED) is 0.639. The van der Waals surface area contributed by atoms with Crippen molar-refractivity contribution in [3.8, 4) is 0 Å². The Morgan fingerprint density at radius 2 is 1.38 bits per heavy atom. The second-order valence-corrected chi connectivity index (χ2v) is 2.64. The number of hydrogen-bond donors (Lipinski definition) is 2. The van der Waals surface area contributed by atoms with Crippen LogP contribution in [0, 0.1) is 0 Å². The van der Waals surface area contributed by atoms with Crippen molar-refractivity contribution < 1.29 is 29.2 Å². The first-order valence-corrected chi connectivity index (χ1v) is 5.21. The third-order valence-electron chi connectivity index (χ3n) is 1.23. The third-order valence-corrected chi connectivity index (χ3v) is 1.23. The SMILES string of the molecule is CC(=O)O.CCOC(O)C(OCC)OCC. The van der Waals surface area contributed by atoms with Crippen LogP contribution >= 0.6 is 0 Å². The second kappa shape index (κ2) is 12.4. The lowest BCUT2D eigenvalue weighted by Crippen LogP contribution is -2.34. The van der Waals surface area contributed by atoms with E-state index in [0.717, 1.165) is 6.92 Å².